The fourth-order valence-corrected chi connectivity index (χ4v) is 3.22. The average molecular weight is 372 g/mol. The number of carbonyl (C=O) groups is 2. The second kappa shape index (κ2) is 8.62. The van der Waals surface area contributed by atoms with Crippen LogP contribution in [0, 0.1) is 0 Å². The van der Waals surface area contributed by atoms with Crippen LogP contribution in [0.2, 0.25) is 0 Å². The molecule has 1 aliphatic rings. The first-order chi connectivity index (χ1) is 13.1. The number of aryl methyl sites for hydroxylation is 1. The van der Waals surface area contributed by atoms with Gasteiger partial charge in [0.05, 0.1) is 20.5 Å². The van der Waals surface area contributed by atoms with E-state index in [1.807, 2.05) is 12.1 Å². The van der Waals surface area contributed by atoms with Crippen LogP contribution < -0.4 is 9.47 Å². The molecule has 2 amide bonds. The fourth-order valence-electron chi connectivity index (χ4n) is 3.22. The lowest BCUT2D eigenvalue weighted by molar-refractivity contribution is -0.132. The Bertz CT molecular complexity index is 757. The molecule has 1 aromatic heterocycles. The van der Waals surface area contributed by atoms with Gasteiger partial charge in [-0.3, -0.25) is 9.59 Å². The Hall–Kier alpha value is -2.96. The third kappa shape index (κ3) is 4.24. The van der Waals surface area contributed by atoms with Crippen molar-refractivity contribution in [2.75, 3.05) is 40.4 Å². The quantitative estimate of drug-likeness (QED) is 0.777. The normalized spacial score (nSPS) is 14.1. The standard InChI is InChI=1S/C20H24N2O5/c1-25-16-6-3-7-17(26-2)19(16)20(24)22-12-10-21(11-13-22)18(23)9-8-15-5-4-14-27-15/h3-7,14H,8-13H2,1-2H3. The number of ether oxygens (including phenoxy) is 2. The maximum atomic E-state index is 13.0. The molecule has 0 unspecified atom stereocenters. The topological polar surface area (TPSA) is 72.2 Å². The molecule has 3 rings (SSSR count). The lowest BCUT2D eigenvalue weighted by Crippen LogP contribution is -2.50. The van der Waals surface area contributed by atoms with E-state index >= 15 is 0 Å². The van der Waals surface area contributed by atoms with Crippen LogP contribution in [0.1, 0.15) is 22.5 Å². The van der Waals surface area contributed by atoms with E-state index in [0.717, 1.165) is 5.76 Å². The first-order valence-electron chi connectivity index (χ1n) is 8.94. The summed E-state index contributed by atoms with van der Waals surface area (Å²) < 4.78 is 15.9. The number of benzene rings is 1. The zero-order valence-corrected chi connectivity index (χ0v) is 15.6. The van der Waals surface area contributed by atoms with Crippen molar-refractivity contribution in [3.05, 3.63) is 47.9 Å². The van der Waals surface area contributed by atoms with Gasteiger partial charge in [0.25, 0.3) is 5.91 Å². The lowest BCUT2D eigenvalue weighted by Gasteiger charge is -2.35. The highest BCUT2D eigenvalue weighted by molar-refractivity contribution is 5.99. The fraction of sp³-hybridized carbons (Fsp3) is 0.400. The highest BCUT2D eigenvalue weighted by atomic mass is 16.5. The smallest absolute Gasteiger partial charge is 0.261 e. The molecule has 1 aliphatic heterocycles. The molecule has 0 atom stereocenters. The second-order valence-electron chi connectivity index (χ2n) is 6.29. The third-order valence-electron chi connectivity index (χ3n) is 4.73. The van der Waals surface area contributed by atoms with Crippen LogP contribution >= 0.6 is 0 Å². The van der Waals surface area contributed by atoms with Gasteiger partial charge in [0.15, 0.2) is 0 Å². The van der Waals surface area contributed by atoms with Crippen molar-refractivity contribution >= 4 is 11.8 Å². The van der Waals surface area contributed by atoms with Crippen LogP contribution in [-0.2, 0) is 11.2 Å². The number of methoxy groups -OCH3 is 2. The predicted molar refractivity (Wildman–Crippen MR) is 99.1 cm³/mol. The Morgan fingerprint density at radius 1 is 0.963 bits per heavy atom. The minimum atomic E-state index is -0.146. The monoisotopic (exact) mass is 372 g/mol. The van der Waals surface area contributed by atoms with Crippen LogP contribution in [0.15, 0.2) is 41.0 Å². The second-order valence-corrected chi connectivity index (χ2v) is 6.29. The zero-order valence-electron chi connectivity index (χ0n) is 15.6. The van der Waals surface area contributed by atoms with Gasteiger partial charge in [0.2, 0.25) is 5.91 Å². The molecular formula is C20H24N2O5. The Morgan fingerprint density at radius 3 is 2.15 bits per heavy atom. The van der Waals surface area contributed by atoms with E-state index in [9.17, 15) is 9.59 Å². The van der Waals surface area contributed by atoms with E-state index in [0.29, 0.717) is 56.1 Å². The molecule has 0 N–H and O–H groups in total. The number of nitrogens with zero attached hydrogens (tertiary/aromatic N) is 2. The van der Waals surface area contributed by atoms with Crippen molar-refractivity contribution in [3.63, 3.8) is 0 Å². The van der Waals surface area contributed by atoms with Gasteiger partial charge in [-0.15, -0.1) is 0 Å². The van der Waals surface area contributed by atoms with Gasteiger partial charge in [0, 0.05) is 39.0 Å². The molecule has 0 radical (unpaired) electrons. The molecule has 7 nitrogen and oxygen atoms in total. The highest BCUT2D eigenvalue weighted by Crippen LogP contribution is 2.29. The molecule has 2 aromatic rings. The number of hydrogen-bond donors (Lipinski definition) is 0. The average Bonchev–Trinajstić information content (AvgIpc) is 3.24. The van der Waals surface area contributed by atoms with Crippen molar-refractivity contribution in [2.45, 2.75) is 12.8 Å². The van der Waals surface area contributed by atoms with Gasteiger partial charge in [-0.1, -0.05) is 6.07 Å². The molecule has 0 saturated carbocycles. The molecular weight excluding hydrogens is 348 g/mol. The van der Waals surface area contributed by atoms with Gasteiger partial charge in [-0.2, -0.15) is 0 Å². The van der Waals surface area contributed by atoms with Crippen LogP contribution in [-0.4, -0.2) is 62.0 Å². The van der Waals surface area contributed by atoms with Crippen molar-refractivity contribution in [1.82, 2.24) is 9.80 Å². The summed E-state index contributed by atoms with van der Waals surface area (Å²) in [4.78, 5) is 28.9. The molecule has 1 fully saturated rings. The summed E-state index contributed by atoms with van der Waals surface area (Å²) in [6.07, 6.45) is 2.60. The van der Waals surface area contributed by atoms with Gasteiger partial charge in [-0.05, 0) is 24.3 Å². The molecule has 0 aliphatic carbocycles. The van der Waals surface area contributed by atoms with Crippen LogP contribution in [0.3, 0.4) is 0 Å². The van der Waals surface area contributed by atoms with Crippen molar-refractivity contribution in [3.8, 4) is 11.5 Å². The summed E-state index contributed by atoms with van der Waals surface area (Å²) in [5, 5.41) is 0. The Kier molecular flexibility index (Phi) is 6.01. The van der Waals surface area contributed by atoms with E-state index in [2.05, 4.69) is 0 Å². The van der Waals surface area contributed by atoms with Gasteiger partial charge >= 0.3 is 0 Å². The van der Waals surface area contributed by atoms with E-state index < -0.39 is 0 Å². The lowest BCUT2D eigenvalue weighted by atomic mass is 10.1. The van der Waals surface area contributed by atoms with Crippen LogP contribution in [0.5, 0.6) is 11.5 Å². The van der Waals surface area contributed by atoms with E-state index in [1.54, 1.807) is 34.3 Å². The van der Waals surface area contributed by atoms with Gasteiger partial charge in [0.1, 0.15) is 22.8 Å². The van der Waals surface area contributed by atoms with Crippen molar-refractivity contribution < 1.29 is 23.5 Å². The molecule has 2 heterocycles. The van der Waals surface area contributed by atoms with Crippen LogP contribution in [0.4, 0.5) is 0 Å². The SMILES string of the molecule is COc1cccc(OC)c1C(=O)N1CCN(C(=O)CCc2ccco2)CC1. The Labute approximate surface area is 158 Å². The number of rotatable bonds is 6. The zero-order chi connectivity index (χ0) is 19.2. The highest BCUT2D eigenvalue weighted by Gasteiger charge is 2.28. The molecule has 7 heteroatoms. The van der Waals surface area contributed by atoms with E-state index in [-0.39, 0.29) is 11.8 Å². The maximum absolute atomic E-state index is 13.0. The largest absolute Gasteiger partial charge is 0.496 e. The summed E-state index contributed by atoms with van der Waals surface area (Å²) in [5.41, 5.74) is 0.417. The van der Waals surface area contributed by atoms with E-state index in [1.165, 1.54) is 14.2 Å². The Balaban J connectivity index is 1.59. The molecule has 0 bridgehead atoms. The summed E-state index contributed by atoms with van der Waals surface area (Å²) >= 11 is 0. The molecule has 27 heavy (non-hydrogen) atoms. The van der Waals surface area contributed by atoms with Gasteiger partial charge < -0.3 is 23.7 Å². The van der Waals surface area contributed by atoms with Gasteiger partial charge in [-0.25, -0.2) is 0 Å². The maximum Gasteiger partial charge on any atom is 0.261 e. The van der Waals surface area contributed by atoms with E-state index in [4.69, 9.17) is 13.9 Å². The molecule has 0 spiro atoms. The first-order valence-corrected chi connectivity index (χ1v) is 8.94. The van der Waals surface area contributed by atoms with Crippen molar-refractivity contribution in [2.24, 2.45) is 0 Å². The first kappa shape index (κ1) is 18.8. The summed E-state index contributed by atoms with van der Waals surface area (Å²) in [6.45, 7) is 1.99. The summed E-state index contributed by atoms with van der Waals surface area (Å²) in [5.74, 6) is 1.70. The minimum absolute atomic E-state index is 0.0772. The number of amides is 2. The Morgan fingerprint density at radius 2 is 1.59 bits per heavy atom. The number of hydrogen-bond acceptors (Lipinski definition) is 5. The summed E-state index contributed by atoms with van der Waals surface area (Å²) in [7, 11) is 3.06. The molecule has 1 aromatic carbocycles. The number of piperazine rings is 1. The minimum Gasteiger partial charge on any atom is -0.496 e. The predicted octanol–water partition coefficient (Wildman–Crippen LogP) is 2.21. The van der Waals surface area contributed by atoms with Crippen molar-refractivity contribution in [1.29, 1.82) is 0 Å². The number of furan rings is 1. The molecule has 144 valence electrons. The molecule has 1 saturated heterocycles. The van der Waals surface area contributed by atoms with Crippen LogP contribution in [0.25, 0.3) is 0 Å². The number of carbonyl (C=O) groups excluding carboxylic acids is 2. The third-order valence-corrected chi connectivity index (χ3v) is 4.73. The summed E-state index contributed by atoms with van der Waals surface area (Å²) in [6, 6.07) is 8.94.